The Morgan fingerprint density at radius 1 is 1.41 bits per heavy atom. The van der Waals surface area contributed by atoms with Gasteiger partial charge in [0.25, 0.3) is 5.91 Å². The van der Waals surface area contributed by atoms with Gasteiger partial charge in [-0.1, -0.05) is 32.0 Å². The van der Waals surface area contributed by atoms with E-state index in [0.717, 1.165) is 4.90 Å². The van der Waals surface area contributed by atoms with Crippen LogP contribution in [0.1, 0.15) is 19.4 Å². The molecule has 0 aliphatic carbocycles. The first kappa shape index (κ1) is 14.1. The highest BCUT2D eigenvalue weighted by Crippen LogP contribution is 2.21. The second-order valence-electron chi connectivity index (χ2n) is 4.28. The summed E-state index contributed by atoms with van der Waals surface area (Å²) in [5.41, 5.74) is 3.63. The standard InChI is InChI=1S/C13H19NO2S/c1-10(2)8-16-14-13(15)9-17-12-7-5-4-6-11(12)3/h4-7,10H,8-9H2,1-3H3,(H,14,15). The van der Waals surface area contributed by atoms with Crippen LogP contribution in [0.15, 0.2) is 29.2 Å². The molecule has 0 heterocycles. The van der Waals surface area contributed by atoms with Gasteiger partial charge >= 0.3 is 0 Å². The molecular weight excluding hydrogens is 234 g/mol. The lowest BCUT2D eigenvalue weighted by atomic mass is 10.2. The van der Waals surface area contributed by atoms with Crippen molar-refractivity contribution in [2.75, 3.05) is 12.4 Å². The van der Waals surface area contributed by atoms with Crippen molar-refractivity contribution in [3.8, 4) is 0 Å². The molecule has 0 aliphatic rings. The molecule has 17 heavy (non-hydrogen) atoms. The van der Waals surface area contributed by atoms with Crippen LogP contribution < -0.4 is 5.48 Å². The number of carbonyl (C=O) groups excluding carboxylic acids is 1. The Kier molecular flexibility index (Phi) is 6.08. The molecule has 0 saturated carbocycles. The van der Waals surface area contributed by atoms with Crippen LogP contribution >= 0.6 is 11.8 Å². The number of amides is 1. The molecule has 1 N–H and O–H groups in total. The maximum atomic E-state index is 11.5. The van der Waals surface area contributed by atoms with Gasteiger partial charge in [0.1, 0.15) is 0 Å². The summed E-state index contributed by atoms with van der Waals surface area (Å²) in [7, 11) is 0. The average Bonchev–Trinajstić information content (AvgIpc) is 2.27. The molecule has 0 radical (unpaired) electrons. The summed E-state index contributed by atoms with van der Waals surface area (Å²) in [4.78, 5) is 17.6. The summed E-state index contributed by atoms with van der Waals surface area (Å²) in [5.74, 6) is 0.696. The number of nitrogens with one attached hydrogen (secondary N) is 1. The second-order valence-corrected chi connectivity index (χ2v) is 5.30. The van der Waals surface area contributed by atoms with Gasteiger partial charge in [0, 0.05) is 4.90 Å². The van der Waals surface area contributed by atoms with Crippen molar-refractivity contribution >= 4 is 17.7 Å². The monoisotopic (exact) mass is 253 g/mol. The van der Waals surface area contributed by atoms with Crippen LogP contribution in [-0.2, 0) is 9.63 Å². The van der Waals surface area contributed by atoms with Crippen LogP contribution in [0, 0.1) is 12.8 Å². The minimum atomic E-state index is -0.0982. The topological polar surface area (TPSA) is 38.3 Å². The Hall–Kier alpha value is -1.00. The first-order valence-electron chi connectivity index (χ1n) is 5.68. The van der Waals surface area contributed by atoms with Crippen molar-refractivity contribution in [3.05, 3.63) is 29.8 Å². The predicted octanol–water partition coefficient (Wildman–Crippen LogP) is 2.79. The molecule has 0 bridgehead atoms. The minimum absolute atomic E-state index is 0.0982. The zero-order chi connectivity index (χ0) is 12.7. The van der Waals surface area contributed by atoms with Gasteiger partial charge in [-0.3, -0.25) is 9.63 Å². The maximum Gasteiger partial charge on any atom is 0.253 e. The van der Waals surface area contributed by atoms with Crippen LogP contribution in [0.25, 0.3) is 0 Å². The highest BCUT2D eigenvalue weighted by molar-refractivity contribution is 8.00. The molecule has 1 amide bonds. The number of rotatable bonds is 6. The van der Waals surface area contributed by atoms with Crippen LogP contribution in [0.2, 0.25) is 0 Å². The van der Waals surface area contributed by atoms with Gasteiger partial charge in [-0.05, 0) is 24.5 Å². The van der Waals surface area contributed by atoms with E-state index in [2.05, 4.69) is 5.48 Å². The normalized spacial score (nSPS) is 10.6. The van der Waals surface area contributed by atoms with E-state index >= 15 is 0 Å². The van der Waals surface area contributed by atoms with E-state index in [-0.39, 0.29) is 5.91 Å². The maximum absolute atomic E-state index is 11.5. The Morgan fingerprint density at radius 3 is 2.76 bits per heavy atom. The van der Waals surface area contributed by atoms with Crippen LogP contribution in [-0.4, -0.2) is 18.3 Å². The number of carbonyl (C=O) groups is 1. The van der Waals surface area contributed by atoms with Crippen molar-refractivity contribution < 1.29 is 9.63 Å². The third kappa shape index (κ3) is 5.75. The lowest BCUT2D eigenvalue weighted by molar-refractivity contribution is -0.131. The Bertz CT molecular complexity index is 366. The number of hydrogen-bond acceptors (Lipinski definition) is 3. The van der Waals surface area contributed by atoms with Gasteiger partial charge in [-0.25, -0.2) is 5.48 Å². The molecule has 1 aromatic rings. The molecule has 0 aliphatic heterocycles. The third-order valence-electron chi connectivity index (χ3n) is 2.06. The first-order valence-corrected chi connectivity index (χ1v) is 6.67. The Morgan fingerprint density at radius 2 is 2.12 bits per heavy atom. The molecule has 0 unspecified atom stereocenters. The summed E-state index contributed by atoms with van der Waals surface area (Å²) >= 11 is 1.52. The predicted molar refractivity (Wildman–Crippen MR) is 70.8 cm³/mol. The summed E-state index contributed by atoms with van der Waals surface area (Å²) in [6, 6.07) is 8.02. The third-order valence-corrected chi connectivity index (χ3v) is 3.23. The number of hydrogen-bond donors (Lipinski definition) is 1. The van der Waals surface area contributed by atoms with E-state index in [1.54, 1.807) is 0 Å². The molecule has 4 heteroatoms. The molecule has 0 aromatic heterocycles. The van der Waals surface area contributed by atoms with E-state index in [1.165, 1.54) is 17.3 Å². The van der Waals surface area contributed by atoms with Crippen LogP contribution in [0.5, 0.6) is 0 Å². The van der Waals surface area contributed by atoms with Gasteiger partial charge < -0.3 is 0 Å². The minimum Gasteiger partial charge on any atom is -0.273 e. The van der Waals surface area contributed by atoms with E-state index in [9.17, 15) is 4.79 Å². The molecule has 1 aromatic carbocycles. The largest absolute Gasteiger partial charge is 0.273 e. The van der Waals surface area contributed by atoms with Crippen LogP contribution in [0.4, 0.5) is 0 Å². The van der Waals surface area contributed by atoms with Gasteiger partial charge in [0.05, 0.1) is 12.4 Å². The van der Waals surface area contributed by atoms with Gasteiger partial charge in [-0.15, -0.1) is 11.8 Å². The highest BCUT2D eigenvalue weighted by atomic mass is 32.2. The number of hydroxylamine groups is 1. The molecule has 0 fully saturated rings. The Balaban J connectivity index is 2.26. The fourth-order valence-electron chi connectivity index (χ4n) is 1.18. The first-order chi connectivity index (χ1) is 8.09. The average molecular weight is 253 g/mol. The quantitative estimate of drug-likeness (QED) is 0.626. The van der Waals surface area contributed by atoms with Crippen molar-refractivity contribution in [3.63, 3.8) is 0 Å². The van der Waals surface area contributed by atoms with Crippen molar-refractivity contribution in [1.82, 2.24) is 5.48 Å². The fraction of sp³-hybridized carbons (Fsp3) is 0.462. The van der Waals surface area contributed by atoms with Gasteiger partial charge in [0.2, 0.25) is 0 Å². The van der Waals surface area contributed by atoms with E-state index in [4.69, 9.17) is 4.84 Å². The summed E-state index contributed by atoms with van der Waals surface area (Å²) in [5, 5.41) is 0. The molecule has 3 nitrogen and oxygen atoms in total. The van der Waals surface area contributed by atoms with Crippen molar-refractivity contribution in [2.24, 2.45) is 5.92 Å². The lowest BCUT2D eigenvalue weighted by Crippen LogP contribution is -2.27. The summed E-state index contributed by atoms with van der Waals surface area (Å²) < 4.78 is 0. The molecular formula is C13H19NO2S. The van der Waals surface area contributed by atoms with E-state index in [0.29, 0.717) is 18.3 Å². The SMILES string of the molecule is Cc1ccccc1SCC(=O)NOCC(C)C. The van der Waals surface area contributed by atoms with Crippen molar-refractivity contribution in [2.45, 2.75) is 25.7 Å². The van der Waals surface area contributed by atoms with Gasteiger partial charge in [0.15, 0.2) is 0 Å². The smallest absolute Gasteiger partial charge is 0.253 e. The van der Waals surface area contributed by atoms with E-state index < -0.39 is 0 Å². The number of thioether (sulfide) groups is 1. The summed E-state index contributed by atoms with van der Waals surface area (Å²) in [6.07, 6.45) is 0. The Labute approximate surface area is 107 Å². The zero-order valence-electron chi connectivity index (χ0n) is 10.5. The summed E-state index contributed by atoms with van der Waals surface area (Å²) in [6.45, 7) is 6.65. The molecule has 0 atom stereocenters. The molecule has 0 saturated heterocycles. The number of aryl methyl sites for hydroxylation is 1. The highest BCUT2D eigenvalue weighted by Gasteiger charge is 2.04. The van der Waals surface area contributed by atoms with E-state index in [1.807, 2.05) is 45.0 Å². The second kappa shape index (κ2) is 7.35. The van der Waals surface area contributed by atoms with Gasteiger partial charge in [-0.2, -0.15) is 0 Å². The molecule has 0 spiro atoms. The van der Waals surface area contributed by atoms with Crippen LogP contribution in [0.3, 0.4) is 0 Å². The lowest BCUT2D eigenvalue weighted by Gasteiger charge is -2.08. The number of benzene rings is 1. The fourth-order valence-corrected chi connectivity index (χ4v) is 2.00. The molecule has 1 rings (SSSR count). The molecule has 94 valence electrons. The van der Waals surface area contributed by atoms with Crippen molar-refractivity contribution in [1.29, 1.82) is 0 Å². The zero-order valence-corrected chi connectivity index (χ0v) is 11.3.